The molecule has 2 fully saturated rings. The van der Waals surface area contributed by atoms with Gasteiger partial charge in [-0.2, -0.15) is 4.31 Å². The van der Waals surface area contributed by atoms with Gasteiger partial charge in [-0.3, -0.25) is 9.59 Å². The Labute approximate surface area is 206 Å². The third-order valence-corrected chi connectivity index (χ3v) is 8.51. The summed E-state index contributed by atoms with van der Waals surface area (Å²) in [5, 5.41) is 6.28. The Bertz CT molecular complexity index is 987. The number of rotatable bonds is 11. The molecule has 2 N–H and O–H groups in total. The number of unbranched alkanes of at least 4 members (excludes halogenated alkanes) is 1. The zero-order valence-corrected chi connectivity index (χ0v) is 21.3. The zero-order chi connectivity index (χ0) is 25.6. The number of hydrogen-bond donors (Lipinski definition) is 2. The molecular formula is C24H36F2N4O4S. The molecule has 2 saturated heterocycles. The summed E-state index contributed by atoms with van der Waals surface area (Å²) in [5.41, 5.74) is 0.397. The van der Waals surface area contributed by atoms with E-state index in [4.69, 9.17) is 0 Å². The number of nitrogens with one attached hydrogen (secondary N) is 2. The van der Waals surface area contributed by atoms with Crippen LogP contribution in [0, 0.1) is 17.6 Å². The molecule has 3 rings (SSSR count). The molecule has 0 aliphatic carbocycles. The first-order valence-corrected chi connectivity index (χ1v) is 14.0. The number of carbonyl (C=O) groups excluding carboxylic acids is 2. The summed E-state index contributed by atoms with van der Waals surface area (Å²) in [6.45, 7) is 5.72. The van der Waals surface area contributed by atoms with Crippen molar-refractivity contribution in [2.75, 3.05) is 38.5 Å². The number of benzene rings is 1. The highest BCUT2D eigenvalue weighted by Crippen LogP contribution is 2.21. The Kier molecular flexibility index (Phi) is 9.60. The van der Waals surface area contributed by atoms with Crippen LogP contribution in [0.5, 0.6) is 0 Å². The van der Waals surface area contributed by atoms with E-state index in [1.54, 1.807) is 11.8 Å². The SMILES string of the molecule is CCCCN1CC(C(=O)NC(Cc2cc(F)cc(F)c2)C[C@H]2CN(S(=O)(=O)CC)CCN2)CC1=O. The lowest BCUT2D eigenvalue weighted by Crippen LogP contribution is -2.55. The number of nitrogens with zero attached hydrogens (tertiary/aromatic N) is 2. The molecule has 8 nitrogen and oxygen atoms in total. The van der Waals surface area contributed by atoms with E-state index < -0.39 is 33.6 Å². The second kappa shape index (κ2) is 12.2. The first-order valence-electron chi connectivity index (χ1n) is 12.4. The molecule has 196 valence electrons. The lowest BCUT2D eigenvalue weighted by Gasteiger charge is -2.35. The molecule has 2 heterocycles. The minimum atomic E-state index is -3.35. The summed E-state index contributed by atoms with van der Waals surface area (Å²) in [4.78, 5) is 27.1. The van der Waals surface area contributed by atoms with Crippen LogP contribution in [0.2, 0.25) is 0 Å². The Morgan fingerprint density at radius 3 is 2.57 bits per heavy atom. The second-order valence-corrected chi connectivity index (χ2v) is 11.7. The molecule has 2 aliphatic rings. The van der Waals surface area contributed by atoms with Gasteiger partial charge in [0.25, 0.3) is 0 Å². The van der Waals surface area contributed by atoms with Crippen molar-refractivity contribution in [2.24, 2.45) is 5.92 Å². The fourth-order valence-electron chi connectivity index (χ4n) is 4.77. The minimum Gasteiger partial charge on any atom is -0.353 e. The molecule has 0 saturated carbocycles. The Hall–Kier alpha value is -2.11. The molecule has 2 amide bonds. The van der Waals surface area contributed by atoms with Crippen LogP contribution in [0.15, 0.2) is 18.2 Å². The highest BCUT2D eigenvalue weighted by Gasteiger charge is 2.35. The van der Waals surface area contributed by atoms with Crippen LogP contribution in [0.25, 0.3) is 0 Å². The van der Waals surface area contributed by atoms with Crippen molar-refractivity contribution in [1.82, 2.24) is 19.8 Å². The quantitative estimate of drug-likeness (QED) is 0.468. The van der Waals surface area contributed by atoms with E-state index in [0.717, 1.165) is 18.9 Å². The molecule has 3 atom stereocenters. The standard InChI is InChI=1S/C24H36F2N4O4S/c1-3-5-7-29-15-18(12-23(29)31)24(32)28-21(11-17-9-19(25)13-20(26)10-17)14-22-16-30(8-6-27-22)35(33,34)4-2/h9-10,13,18,21-22,27H,3-8,11-12,14-16H2,1-2H3,(H,28,32)/t18?,21?,22-/m0/s1. The average Bonchev–Trinajstić information content (AvgIpc) is 3.17. The van der Waals surface area contributed by atoms with Gasteiger partial charge >= 0.3 is 0 Å². The zero-order valence-electron chi connectivity index (χ0n) is 20.4. The van der Waals surface area contributed by atoms with Crippen LogP contribution >= 0.6 is 0 Å². The van der Waals surface area contributed by atoms with E-state index in [0.29, 0.717) is 38.2 Å². The van der Waals surface area contributed by atoms with Crippen LogP contribution in [0.4, 0.5) is 8.78 Å². The van der Waals surface area contributed by atoms with Crippen LogP contribution in [0.1, 0.15) is 45.1 Å². The number of sulfonamides is 1. The van der Waals surface area contributed by atoms with E-state index in [9.17, 15) is 26.8 Å². The molecule has 35 heavy (non-hydrogen) atoms. The fraction of sp³-hybridized carbons (Fsp3) is 0.667. The van der Waals surface area contributed by atoms with Gasteiger partial charge in [0, 0.05) is 57.3 Å². The summed E-state index contributed by atoms with van der Waals surface area (Å²) in [5.74, 6) is -2.19. The van der Waals surface area contributed by atoms with Gasteiger partial charge in [-0.15, -0.1) is 0 Å². The highest BCUT2D eigenvalue weighted by atomic mass is 32.2. The fourth-order valence-corrected chi connectivity index (χ4v) is 5.91. The molecule has 1 aromatic rings. The van der Waals surface area contributed by atoms with Crippen molar-refractivity contribution in [3.63, 3.8) is 0 Å². The first kappa shape index (κ1) is 27.5. The van der Waals surface area contributed by atoms with Gasteiger partial charge in [-0.1, -0.05) is 13.3 Å². The predicted molar refractivity (Wildman–Crippen MR) is 129 cm³/mol. The van der Waals surface area contributed by atoms with Crippen LogP contribution in [0.3, 0.4) is 0 Å². The molecule has 1 aromatic carbocycles. The maximum absolute atomic E-state index is 13.8. The molecule has 2 unspecified atom stereocenters. The van der Waals surface area contributed by atoms with E-state index in [1.165, 1.54) is 16.4 Å². The first-order chi connectivity index (χ1) is 16.6. The monoisotopic (exact) mass is 514 g/mol. The van der Waals surface area contributed by atoms with Gasteiger partial charge in [-0.05, 0) is 43.9 Å². The van der Waals surface area contributed by atoms with E-state index in [1.807, 2.05) is 6.92 Å². The summed E-state index contributed by atoms with van der Waals surface area (Å²) < 4.78 is 53.7. The number of piperazine rings is 1. The van der Waals surface area contributed by atoms with Gasteiger partial charge in [-0.25, -0.2) is 17.2 Å². The van der Waals surface area contributed by atoms with Crippen molar-refractivity contribution in [1.29, 1.82) is 0 Å². The van der Waals surface area contributed by atoms with Gasteiger partial charge in [0.05, 0.1) is 11.7 Å². The molecule has 2 aliphatic heterocycles. The highest BCUT2D eigenvalue weighted by molar-refractivity contribution is 7.89. The Morgan fingerprint density at radius 1 is 1.20 bits per heavy atom. The topological polar surface area (TPSA) is 98.8 Å². The number of halogens is 2. The number of hydrogen-bond acceptors (Lipinski definition) is 5. The third-order valence-electron chi connectivity index (χ3n) is 6.66. The van der Waals surface area contributed by atoms with Gasteiger partial charge in [0.15, 0.2) is 0 Å². The van der Waals surface area contributed by atoms with E-state index >= 15 is 0 Å². The minimum absolute atomic E-state index is 0.00664. The normalized spacial score (nSPS) is 22.4. The largest absolute Gasteiger partial charge is 0.353 e. The molecule has 0 radical (unpaired) electrons. The number of likely N-dealkylation sites (tertiary alicyclic amines) is 1. The predicted octanol–water partition coefficient (Wildman–Crippen LogP) is 1.65. The molecule has 11 heteroatoms. The summed E-state index contributed by atoms with van der Waals surface area (Å²) in [7, 11) is -3.35. The van der Waals surface area contributed by atoms with Crippen LogP contribution in [-0.2, 0) is 26.0 Å². The molecule has 0 aromatic heterocycles. The Balaban J connectivity index is 1.71. The molecule has 0 bridgehead atoms. The average molecular weight is 515 g/mol. The lowest BCUT2D eigenvalue weighted by atomic mass is 9.97. The summed E-state index contributed by atoms with van der Waals surface area (Å²) in [6.07, 6.45) is 2.52. The van der Waals surface area contributed by atoms with Crippen molar-refractivity contribution in [3.05, 3.63) is 35.4 Å². The van der Waals surface area contributed by atoms with Crippen molar-refractivity contribution < 1.29 is 26.8 Å². The molecular weight excluding hydrogens is 478 g/mol. The summed E-state index contributed by atoms with van der Waals surface area (Å²) >= 11 is 0. The van der Waals surface area contributed by atoms with Crippen LogP contribution < -0.4 is 10.6 Å². The van der Waals surface area contributed by atoms with E-state index in [-0.39, 0.29) is 43.0 Å². The van der Waals surface area contributed by atoms with Crippen LogP contribution in [-0.4, -0.2) is 80.0 Å². The van der Waals surface area contributed by atoms with E-state index in [2.05, 4.69) is 10.6 Å². The van der Waals surface area contributed by atoms with Gasteiger partial charge in [0.2, 0.25) is 21.8 Å². The van der Waals surface area contributed by atoms with Crippen molar-refractivity contribution in [3.8, 4) is 0 Å². The Morgan fingerprint density at radius 2 is 1.91 bits per heavy atom. The smallest absolute Gasteiger partial charge is 0.225 e. The summed E-state index contributed by atoms with van der Waals surface area (Å²) in [6, 6.07) is 2.53. The second-order valence-electron chi connectivity index (χ2n) is 9.43. The maximum atomic E-state index is 13.8. The lowest BCUT2D eigenvalue weighted by molar-refractivity contribution is -0.129. The van der Waals surface area contributed by atoms with Gasteiger partial charge < -0.3 is 15.5 Å². The van der Waals surface area contributed by atoms with Crippen molar-refractivity contribution >= 4 is 21.8 Å². The molecule has 0 spiro atoms. The maximum Gasteiger partial charge on any atom is 0.225 e. The van der Waals surface area contributed by atoms with Gasteiger partial charge in [0.1, 0.15) is 11.6 Å². The number of amides is 2. The van der Waals surface area contributed by atoms with Crippen molar-refractivity contribution in [2.45, 2.75) is 58.0 Å². The third kappa shape index (κ3) is 7.68. The number of carbonyl (C=O) groups is 2.